The molecule has 6 nitrogen and oxygen atoms in total. The van der Waals surface area contributed by atoms with E-state index in [0.29, 0.717) is 34.9 Å². The molecule has 2 aromatic rings. The molecule has 126 valence electrons. The van der Waals surface area contributed by atoms with Gasteiger partial charge >= 0.3 is 0 Å². The van der Waals surface area contributed by atoms with E-state index in [1.54, 1.807) is 30.5 Å². The zero-order valence-corrected chi connectivity index (χ0v) is 13.5. The minimum atomic E-state index is -0.306. The normalized spacial score (nSPS) is 16.6. The van der Waals surface area contributed by atoms with Gasteiger partial charge in [0.1, 0.15) is 12.4 Å². The van der Waals surface area contributed by atoms with E-state index in [4.69, 9.17) is 9.84 Å². The number of Topliss-reactive ketones (excluding diaryl/α,β-unsaturated/α-hetero) is 1. The number of nitrogens with one attached hydrogen (secondary N) is 2. The Hall–Kier alpha value is -2.60. The van der Waals surface area contributed by atoms with Gasteiger partial charge in [0, 0.05) is 24.0 Å². The van der Waals surface area contributed by atoms with Crippen molar-refractivity contribution in [3.8, 4) is 5.75 Å². The number of aromatic amines is 1. The summed E-state index contributed by atoms with van der Waals surface area (Å²) in [7, 11) is 0. The minimum Gasteiger partial charge on any atom is -0.491 e. The summed E-state index contributed by atoms with van der Waals surface area (Å²) in [5.74, 6) is 0.624. The molecule has 0 saturated heterocycles. The van der Waals surface area contributed by atoms with Gasteiger partial charge in [0.05, 0.1) is 17.7 Å². The number of carbonyl (C=O) groups excluding carboxylic acids is 2. The summed E-state index contributed by atoms with van der Waals surface area (Å²) < 4.78 is 5.27. The number of hydrogen-bond acceptors (Lipinski definition) is 4. The van der Waals surface area contributed by atoms with Gasteiger partial charge in [-0.15, -0.1) is 0 Å². The third kappa shape index (κ3) is 3.33. The Morgan fingerprint density at radius 2 is 2.08 bits per heavy atom. The Bertz CT molecular complexity index is 749. The average Bonchev–Trinajstić information content (AvgIpc) is 2.98. The average molecular weight is 328 g/mol. The van der Waals surface area contributed by atoms with Crippen molar-refractivity contribution < 1.29 is 19.4 Å². The number of ketones is 1. The molecular weight excluding hydrogens is 308 g/mol. The summed E-state index contributed by atoms with van der Waals surface area (Å²) in [4.78, 5) is 27.8. The number of amides is 1. The first-order chi connectivity index (χ1) is 11.6. The van der Waals surface area contributed by atoms with E-state index in [1.807, 2.05) is 6.92 Å². The van der Waals surface area contributed by atoms with Crippen molar-refractivity contribution in [2.45, 2.75) is 19.8 Å². The van der Waals surface area contributed by atoms with Gasteiger partial charge in [-0.05, 0) is 36.6 Å². The van der Waals surface area contributed by atoms with E-state index in [0.717, 1.165) is 12.1 Å². The van der Waals surface area contributed by atoms with E-state index in [1.165, 1.54) is 0 Å². The van der Waals surface area contributed by atoms with Gasteiger partial charge in [-0.3, -0.25) is 9.59 Å². The summed E-state index contributed by atoms with van der Waals surface area (Å²) in [6.45, 7) is 2.20. The molecule has 1 aliphatic carbocycles. The van der Waals surface area contributed by atoms with Crippen molar-refractivity contribution in [3.05, 3.63) is 47.3 Å². The largest absolute Gasteiger partial charge is 0.491 e. The van der Waals surface area contributed by atoms with E-state index in [-0.39, 0.29) is 24.9 Å². The lowest BCUT2D eigenvalue weighted by molar-refractivity contribution is 0.0940. The second kappa shape index (κ2) is 6.88. The van der Waals surface area contributed by atoms with Crippen LogP contribution in [0.15, 0.2) is 30.5 Å². The molecule has 0 fully saturated rings. The van der Waals surface area contributed by atoms with Gasteiger partial charge in [-0.25, -0.2) is 0 Å². The first-order valence-electron chi connectivity index (χ1n) is 7.97. The van der Waals surface area contributed by atoms with Gasteiger partial charge in [0.25, 0.3) is 5.91 Å². The highest BCUT2D eigenvalue weighted by Crippen LogP contribution is 2.28. The van der Waals surface area contributed by atoms with Crippen LogP contribution in [0.3, 0.4) is 0 Å². The lowest BCUT2D eigenvalue weighted by atomic mass is 9.86. The molecule has 1 heterocycles. The van der Waals surface area contributed by atoms with Crippen LogP contribution in [0.4, 0.5) is 5.69 Å². The van der Waals surface area contributed by atoms with E-state index in [9.17, 15) is 9.59 Å². The van der Waals surface area contributed by atoms with Crippen LogP contribution in [0.25, 0.3) is 0 Å². The predicted molar refractivity (Wildman–Crippen MR) is 89.6 cm³/mol. The summed E-state index contributed by atoms with van der Waals surface area (Å²) >= 11 is 0. The Kier molecular flexibility index (Phi) is 4.66. The standard InChI is InChI=1S/C18H20N2O4/c1-11-8-15-17(16(22)9-11)14(10-19-15)18(23)20-12-2-4-13(5-3-12)24-7-6-21/h2-5,10-11,19,21H,6-9H2,1H3,(H,20,23). The fourth-order valence-electron chi connectivity index (χ4n) is 2.96. The summed E-state index contributed by atoms with van der Waals surface area (Å²) in [5, 5.41) is 11.5. The Labute approximate surface area is 139 Å². The number of hydrogen-bond donors (Lipinski definition) is 3. The summed E-state index contributed by atoms with van der Waals surface area (Å²) in [6, 6.07) is 6.86. The highest BCUT2D eigenvalue weighted by Gasteiger charge is 2.29. The van der Waals surface area contributed by atoms with Gasteiger partial charge in [0.15, 0.2) is 5.78 Å². The molecule has 1 amide bonds. The van der Waals surface area contributed by atoms with Crippen molar-refractivity contribution >= 4 is 17.4 Å². The minimum absolute atomic E-state index is 0.0166. The van der Waals surface area contributed by atoms with E-state index in [2.05, 4.69) is 10.3 Å². The van der Waals surface area contributed by atoms with Crippen LogP contribution in [0.5, 0.6) is 5.75 Å². The van der Waals surface area contributed by atoms with Crippen LogP contribution in [-0.4, -0.2) is 35.0 Å². The molecular formula is C18H20N2O4. The summed E-state index contributed by atoms with van der Waals surface area (Å²) in [6.07, 6.45) is 2.86. The maximum atomic E-state index is 12.5. The number of benzene rings is 1. The van der Waals surface area contributed by atoms with Gasteiger partial charge in [-0.1, -0.05) is 6.92 Å². The molecule has 3 N–H and O–H groups in total. The highest BCUT2D eigenvalue weighted by atomic mass is 16.5. The third-order valence-electron chi connectivity index (χ3n) is 4.04. The first kappa shape index (κ1) is 16.3. The van der Waals surface area contributed by atoms with Crippen LogP contribution in [0.1, 0.15) is 39.8 Å². The number of aliphatic hydroxyl groups is 1. The number of rotatable bonds is 5. The number of anilines is 1. The molecule has 0 bridgehead atoms. The maximum absolute atomic E-state index is 12.5. The molecule has 0 saturated carbocycles. The molecule has 0 spiro atoms. The summed E-state index contributed by atoms with van der Waals surface area (Å²) in [5.41, 5.74) is 2.37. The molecule has 0 radical (unpaired) electrons. The second-order valence-corrected chi connectivity index (χ2v) is 6.04. The monoisotopic (exact) mass is 328 g/mol. The zero-order valence-electron chi connectivity index (χ0n) is 13.5. The number of aliphatic hydroxyl groups excluding tert-OH is 1. The van der Waals surface area contributed by atoms with Crippen LogP contribution in [-0.2, 0) is 6.42 Å². The molecule has 3 rings (SSSR count). The quantitative estimate of drug-likeness (QED) is 0.786. The molecule has 1 aromatic heterocycles. The maximum Gasteiger partial charge on any atom is 0.257 e. The van der Waals surface area contributed by atoms with Crippen LogP contribution < -0.4 is 10.1 Å². The Balaban J connectivity index is 1.73. The number of H-pyrrole nitrogens is 1. The molecule has 1 unspecified atom stereocenters. The predicted octanol–water partition coefficient (Wildman–Crippen LogP) is 2.40. The van der Waals surface area contributed by atoms with Gasteiger partial charge < -0.3 is 20.1 Å². The fourth-order valence-corrected chi connectivity index (χ4v) is 2.96. The lowest BCUT2D eigenvalue weighted by Gasteiger charge is -2.17. The molecule has 1 atom stereocenters. The van der Waals surface area contributed by atoms with Gasteiger partial charge in [-0.2, -0.15) is 0 Å². The number of fused-ring (bicyclic) bond motifs is 1. The number of carbonyl (C=O) groups is 2. The second-order valence-electron chi connectivity index (χ2n) is 6.04. The first-order valence-corrected chi connectivity index (χ1v) is 7.97. The SMILES string of the molecule is CC1CC(=O)c2c(C(=O)Nc3ccc(OCCO)cc3)c[nH]c2C1. The lowest BCUT2D eigenvalue weighted by Crippen LogP contribution is -2.21. The van der Waals surface area contributed by atoms with Crippen molar-refractivity contribution in [1.29, 1.82) is 0 Å². The van der Waals surface area contributed by atoms with Crippen molar-refractivity contribution in [3.63, 3.8) is 0 Å². The Morgan fingerprint density at radius 1 is 1.33 bits per heavy atom. The molecule has 24 heavy (non-hydrogen) atoms. The number of aromatic nitrogens is 1. The van der Waals surface area contributed by atoms with E-state index >= 15 is 0 Å². The van der Waals surface area contributed by atoms with Crippen LogP contribution >= 0.6 is 0 Å². The number of ether oxygens (including phenoxy) is 1. The van der Waals surface area contributed by atoms with Crippen LogP contribution in [0, 0.1) is 5.92 Å². The fraction of sp³-hybridized carbons (Fsp3) is 0.333. The smallest absolute Gasteiger partial charge is 0.257 e. The molecule has 1 aliphatic rings. The van der Waals surface area contributed by atoms with Crippen molar-refractivity contribution in [2.75, 3.05) is 18.5 Å². The van der Waals surface area contributed by atoms with E-state index < -0.39 is 0 Å². The zero-order chi connectivity index (χ0) is 17.1. The van der Waals surface area contributed by atoms with Crippen LogP contribution in [0.2, 0.25) is 0 Å². The molecule has 6 heteroatoms. The highest BCUT2D eigenvalue weighted by molar-refractivity contribution is 6.13. The third-order valence-corrected chi connectivity index (χ3v) is 4.04. The van der Waals surface area contributed by atoms with Gasteiger partial charge in [0.2, 0.25) is 0 Å². The Morgan fingerprint density at radius 3 is 2.79 bits per heavy atom. The van der Waals surface area contributed by atoms with Crippen molar-refractivity contribution in [1.82, 2.24) is 4.98 Å². The molecule has 0 aliphatic heterocycles. The van der Waals surface area contributed by atoms with Crippen molar-refractivity contribution in [2.24, 2.45) is 5.92 Å². The molecule has 1 aromatic carbocycles. The topological polar surface area (TPSA) is 91.4 Å².